The van der Waals surface area contributed by atoms with Crippen molar-refractivity contribution in [2.24, 2.45) is 5.92 Å². The van der Waals surface area contributed by atoms with E-state index in [0.717, 1.165) is 24.5 Å². The minimum Gasteiger partial charge on any atom is -0.506 e. The van der Waals surface area contributed by atoms with Crippen LogP contribution in [0.4, 0.5) is 0 Å². The van der Waals surface area contributed by atoms with Gasteiger partial charge in [0.05, 0.1) is 22.1 Å². The summed E-state index contributed by atoms with van der Waals surface area (Å²) in [7, 11) is 0. The van der Waals surface area contributed by atoms with E-state index in [0.29, 0.717) is 31.2 Å². The SMILES string of the molecule is Cc1cc2cc(C(=O)O)cc(O[C@@H]3O[C@H]4[C@](O)(CC[C@@H]5CCCC[C@]54O)[C@H](O)[C@H]3O)c2c(O)c1C(=O)CCc1ccccc1. The van der Waals surface area contributed by atoms with Gasteiger partial charge in [-0.15, -0.1) is 0 Å². The molecule has 6 N–H and O–H groups in total. The van der Waals surface area contributed by atoms with Gasteiger partial charge in [0.1, 0.15) is 35.4 Å². The average Bonchev–Trinajstić information content (AvgIpc) is 2.99. The van der Waals surface area contributed by atoms with Crippen molar-refractivity contribution in [3.05, 3.63) is 70.8 Å². The molecule has 1 saturated heterocycles. The van der Waals surface area contributed by atoms with Crippen molar-refractivity contribution in [2.45, 2.75) is 94.1 Å². The van der Waals surface area contributed by atoms with E-state index < -0.39 is 47.5 Å². The molecule has 0 radical (unpaired) electrons. The van der Waals surface area contributed by atoms with E-state index >= 15 is 0 Å². The number of carboxylic acids is 1. The highest BCUT2D eigenvalue weighted by molar-refractivity contribution is 6.09. The molecule has 1 aliphatic heterocycles. The molecule has 3 aliphatic rings. The number of carbonyl (C=O) groups excluding carboxylic acids is 1. The molecule has 0 aromatic heterocycles. The quantitative estimate of drug-likeness (QED) is 0.218. The molecule has 3 aromatic rings. The molecule has 7 atom stereocenters. The van der Waals surface area contributed by atoms with Gasteiger partial charge < -0.3 is 40.1 Å². The second-order valence-electron chi connectivity index (χ2n) is 12.6. The molecule has 3 aromatic carbocycles. The second kappa shape index (κ2) is 11.4. The number of aromatic hydroxyl groups is 1. The fraction of sp³-hybridized carbons (Fsp3) is 0.471. The maximum atomic E-state index is 13.4. The standard InChI is InChI=1S/C34H38O10/c1-18-15-20-16-21(30(39)40)17-24(26(20)27(36)25(18)23(35)11-10-19-7-3-2-4-8-19)43-31-28(37)29(38)34(42)14-12-22-9-5-6-13-33(22,41)32(34)44-31/h2-4,7-8,15-17,22,28-29,31-32,36-38,41-42H,5-6,9-14H2,1H3,(H,39,40)/t22-,28+,29+,31+,32+,33-,34-/m0/s1. The Labute approximate surface area is 254 Å². The number of aliphatic hydroxyl groups excluding tert-OH is 2. The van der Waals surface area contributed by atoms with Crippen LogP contribution in [0, 0.1) is 12.8 Å². The molecule has 2 saturated carbocycles. The molecule has 0 spiro atoms. The number of fused-ring (bicyclic) bond motifs is 4. The number of benzene rings is 3. The number of aryl methyl sites for hydroxylation is 2. The van der Waals surface area contributed by atoms with Gasteiger partial charge in [0.25, 0.3) is 0 Å². The van der Waals surface area contributed by atoms with Crippen LogP contribution in [0.25, 0.3) is 10.8 Å². The minimum absolute atomic E-state index is 0.0349. The average molecular weight is 607 g/mol. The molecular formula is C34H38O10. The predicted molar refractivity (Wildman–Crippen MR) is 159 cm³/mol. The van der Waals surface area contributed by atoms with Crippen molar-refractivity contribution < 1.29 is 49.7 Å². The molecule has 0 amide bonds. The molecule has 2 aliphatic carbocycles. The molecule has 0 bridgehead atoms. The zero-order chi connectivity index (χ0) is 31.4. The number of ketones is 1. The van der Waals surface area contributed by atoms with Crippen LogP contribution in [-0.2, 0) is 11.2 Å². The molecular weight excluding hydrogens is 568 g/mol. The van der Waals surface area contributed by atoms with Crippen LogP contribution in [0.5, 0.6) is 11.5 Å². The van der Waals surface area contributed by atoms with Crippen molar-refractivity contribution in [3.63, 3.8) is 0 Å². The number of phenols is 1. The Balaban J connectivity index is 1.38. The predicted octanol–water partition coefficient (Wildman–Crippen LogP) is 3.64. The summed E-state index contributed by atoms with van der Waals surface area (Å²) >= 11 is 0. The van der Waals surface area contributed by atoms with Crippen molar-refractivity contribution in [2.75, 3.05) is 0 Å². The van der Waals surface area contributed by atoms with E-state index in [4.69, 9.17) is 9.47 Å². The highest BCUT2D eigenvalue weighted by Crippen LogP contribution is 2.52. The van der Waals surface area contributed by atoms with Crippen LogP contribution in [0.15, 0.2) is 48.5 Å². The highest BCUT2D eigenvalue weighted by atomic mass is 16.7. The number of Topliss-reactive ketones (excluding diaryl/α,β-unsaturated/α-hetero) is 1. The second-order valence-corrected chi connectivity index (χ2v) is 12.6. The fourth-order valence-electron chi connectivity index (χ4n) is 7.60. The monoisotopic (exact) mass is 606 g/mol. The fourth-order valence-corrected chi connectivity index (χ4v) is 7.60. The smallest absolute Gasteiger partial charge is 0.335 e. The summed E-state index contributed by atoms with van der Waals surface area (Å²) in [6.45, 7) is 1.65. The zero-order valence-electron chi connectivity index (χ0n) is 24.5. The summed E-state index contributed by atoms with van der Waals surface area (Å²) in [5.41, 5.74) is -2.10. The zero-order valence-corrected chi connectivity index (χ0v) is 24.5. The summed E-state index contributed by atoms with van der Waals surface area (Å²) in [6, 6.07) is 13.5. The van der Waals surface area contributed by atoms with Crippen LogP contribution < -0.4 is 4.74 Å². The normalized spacial score (nSPS) is 31.6. The molecule has 0 unspecified atom stereocenters. The van der Waals surface area contributed by atoms with Gasteiger partial charge >= 0.3 is 5.97 Å². The number of rotatable bonds is 7. The van der Waals surface area contributed by atoms with Gasteiger partial charge in [0, 0.05) is 6.42 Å². The third kappa shape index (κ3) is 5.04. The van der Waals surface area contributed by atoms with Crippen LogP contribution in [0.2, 0.25) is 0 Å². The molecule has 44 heavy (non-hydrogen) atoms. The first-order valence-electron chi connectivity index (χ1n) is 15.2. The lowest BCUT2D eigenvalue weighted by atomic mass is 9.58. The lowest BCUT2D eigenvalue weighted by Crippen LogP contribution is -2.76. The number of aliphatic hydroxyl groups is 4. The number of carbonyl (C=O) groups is 2. The van der Waals surface area contributed by atoms with Gasteiger partial charge in [-0.3, -0.25) is 4.79 Å². The maximum Gasteiger partial charge on any atom is 0.335 e. The maximum absolute atomic E-state index is 13.4. The van der Waals surface area contributed by atoms with Crippen LogP contribution in [0.3, 0.4) is 0 Å². The van der Waals surface area contributed by atoms with Crippen LogP contribution in [-0.4, -0.2) is 78.2 Å². The first-order valence-corrected chi connectivity index (χ1v) is 15.2. The summed E-state index contributed by atoms with van der Waals surface area (Å²) < 4.78 is 12.2. The van der Waals surface area contributed by atoms with Gasteiger partial charge in [-0.25, -0.2) is 4.79 Å². The number of carboxylic acid groups (broad SMARTS) is 1. The summed E-state index contributed by atoms with van der Waals surface area (Å²) in [5.74, 6) is -2.36. The number of aromatic carboxylic acids is 1. The lowest BCUT2D eigenvalue weighted by molar-refractivity contribution is -0.361. The van der Waals surface area contributed by atoms with Gasteiger partial charge in [-0.05, 0) is 73.6 Å². The lowest BCUT2D eigenvalue weighted by Gasteiger charge is -2.59. The van der Waals surface area contributed by atoms with E-state index in [2.05, 4.69) is 0 Å². The third-order valence-corrected chi connectivity index (χ3v) is 9.90. The molecule has 10 heteroatoms. The Hall–Kier alpha value is -3.54. The van der Waals surface area contributed by atoms with Crippen molar-refractivity contribution >= 4 is 22.5 Å². The Morgan fingerprint density at radius 1 is 1.00 bits per heavy atom. The number of hydrogen-bond acceptors (Lipinski definition) is 9. The number of ether oxygens (including phenoxy) is 2. The number of phenolic OH excluding ortho intramolecular Hbond substituents is 1. The summed E-state index contributed by atoms with van der Waals surface area (Å²) in [5, 5.41) is 67.1. The number of hydrogen-bond donors (Lipinski definition) is 6. The Morgan fingerprint density at radius 3 is 2.48 bits per heavy atom. The Kier molecular flexibility index (Phi) is 7.92. The van der Waals surface area contributed by atoms with Gasteiger partial charge in [0.15, 0.2) is 5.78 Å². The summed E-state index contributed by atoms with van der Waals surface area (Å²) in [6.07, 6.45) is -2.60. The topological polar surface area (TPSA) is 174 Å². The van der Waals surface area contributed by atoms with Crippen molar-refractivity contribution in [1.29, 1.82) is 0 Å². The largest absolute Gasteiger partial charge is 0.506 e. The van der Waals surface area contributed by atoms with E-state index in [1.54, 1.807) is 13.0 Å². The van der Waals surface area contributed by atoms with E-state index in [1.165, 1.54) is 6.07 Å². The van der Waals surface area contributed by atoms with Gasteiger partial charge in [0.2, 0.25) is 6.29 Å². The highest BCUT2D eigenvalue weighted by Gasteiger charge is 2.66. The van der Waals surface area contributed by atoms with Crippen molar-refractivity contribution in [3.8, 4) is 11.5 Å². The Morgan fingerprint density at radius 2 is 1.75 bits per heavy atom. The molecule has 3 fully saturated rings. The van der Waals surface area contributed by atoms with Gasteiger partial charge in [-0.1, -0.05) is 49.2 Å². The molecule has 6 rings (SSSR count). The van der Waals surface area contributed by atoms with E-state index in [1.807, 2.05) is 30.3 Å². The first-order chi connectivity index (χ1) is 20.9. The van der Waals surface area contributed by atoms with E-state index in [-0.39, 0.29) is 52.2 Å². The van der Waals surface area contributed by atoms with Crippen LogP contribution >= 0.6 is 0 Å². The van der Waals surface area contributed by atoms with Crippen molar-refractivity contribution in [1.82, 2.24) is 0 Å². The van der Waals surface area contributed by atoms with Crippen LogP contribution in [0.1, 0.15) is 76.8 Å². The Bertz CT molecular complexity index is 1580. The van der Waals surface area contributed by atoms with Gasteiger partial charge in [-0.2, -0.15) is 0 Å². The third-order valence-electron chi connectivity index (χ3n) is 9.90. The molecule has 10 nitrogen and oxygen atoms in total. The molecule has 1 heterocycles. The summed E-state index contributed by atoms with van der Waals surface area (Å²) in [4.78, 5) is 25.4. The minimum atomic E-state index is -1.93. The van der Waals surface area contributed by atoms with E-state index in [9.17, 15) is 40.2 Å². The first kappa shape index (κ1) is 30.5. The molecule has 234 valence electrons.